The Morgan fingerprint density at radius 3 is 1.43 bits per heavy atom. The Balaban J connectivity index is 0.000000150. The molecule has 0 fully saturated rings. The normalized spacial score (nSPS) is 12.1. The van der Waals surface area contributed by atoms with E-state index in [0.29, 0.717) is 0 Å². The minimum absolute atomic E-state index is 0. The van der Waals surface area contributed by atoms with Gasteiger partial charge in [-0.15, -0.1) is 58.7 Å². The molecule has 0 aliphatic heterocycles. The summed E-state index contributed by atoms with van der Waals surface area (Å²) in [5, 5.41) is 0. The van der Waals surface area contributed by atoms with Gasteiger partial charge in [-0.2, -0.15) is 0 Å². The van der Waals surface area contributed by atoms with Gasteiger partial charge < -0.3 is 9.97 Å². The molecule has 6 aromatic carbocycles. The van der Waals surface area contributed by atoms with Crippen molar-refractivity contribution in [3.63, 3.8) is 0 Å². The third kappa shape index (κ3) is 7.19. The molecular formula is C50H36IrN2-2. The van der Waals surface area contributed by atoms with Crippen molar-refractivity contribution >= 4 is 0 Å². The van der Waals surface area contributed by atoms with Crippen LogP contribution in [-0.4, -0.2) is 9.97 Å². The Kier molecular flexibility index (Phi) is 10.0. The van der Waals surface area contributed by atoms with Crippen LogP contribution in [0.3, 0.4) is 0 Å². The summed E-state index contributed by atoms with van der Waals surface area (Å²) in [5.41, 5.74) is 20.0. The van der Waals surface area contributed by atoms with Gasteiger partial charge in [0.15, 0.2) is 0 Å². The molecule has 3 heteroatoms. The zero-order valence-electron chi connectivity index (χ0n) is 29.2. The quantitative estimate of drug-likeness (QED) is 0.161. The maximum atomic E-state index is 4.78. The van der Waals surface area contributed by atoms with Gasteiger partial charge in [0, 0.05) is 32.5 Å². The SMILES string of the molecule is [Ir].[c-]1c(-c2ccc(-c3ccccc3)cn2)cc2c3c1CCc1cccc(c1-3)CC2.[c-]1cc(-c2ccccc2)ccc1-c1ccc(-c2ccccc2)cn1. The third-order valence-electron chi connectivity index (χ3n) is 10.2. The van der Waals surface area contributed by atoms with E-state index in [-0.39, 0.29) is 20.1 Å². The summed E-state index contributed by atoms with van der Waals surface area (Å²) in [6.45, 7) is 0. The number of hydrogen-bond acceptors (Lipinski definition) is 2. The van der Waals surface area contributed by atoms with E-state index in [2.05, 4.69) is 126 Å². The number of aromatic nitrogens is 2. The number of benzene rings is 6. The monoisotopic (exact) mass is 857 g/mol. The van der Waals surface area contributed by atoms with E-state index in [1.165, 1.54) is 55.6 Å². The van der Waals surface area contributed by atoms with Crippen LogP contribution < -0.4 is 0 Å². The fourth-order valence-electron chi connectivity index (χ4n) is 7.56. The number of hydrogen-bond donors (Lipinski definition) is 0. The summed E-state index contributed by atoms with van der Waals surface area (Å²) >= 11 is 0. The molecule has 1 radical (unpaired) electrons. The first kappa shape index (κ1) is 34.4. The van der Waals surface area contributed by atoms with Crippen LogP contribution in [0.1, 0.15) is 22.3 Å². The van der Waals surface area contributed by atoms with Crippen LogP contribution in [-0.2, 0) is 45.8 Å². The van der Waals surface area contributed by atoms with Crippen LogP contribution in [0.2, 0.25) is 0 Å². The summed E-state index contributed by atoms with van der Waals surface area (Å²) in [4.78, 5) is 9.37. The Hall–Kier alpha value is -5.73. The van der Waals surface area contributed by atoms with E-state index in [0.717, 1.165) is 59.3 Å². The fourth-order valence-corrected chi connectivity index (χ4v) is 7.56. The standard InChI is InChI=1S/C27H20N.C23H16N.Ir/c1-2-5-18(6-3-1)23-13-14-25(28-17-23)24-15-21-11-9-19-7-4-8-20-10-12-22(16-24)27(21)26(19)20;1-3-7-18(8-4-1)20-11-13-21(14-12-20)23-16-15-22(17-24-23)19-9-5-2-6-10-19;/h1-8,13-15,17H,9-12H2;1-13,15-17H;/q2*-1;. The molecule has 8 aromatic rings. The van der Waals surface area contributed by atoms with Crippen molar-refractivity contribution < 1.29 is 20.1 Å². The minimum Gasteiger partial charge on any atom is -0.304 e. The second kappa shape index (κ2) is 15.5. The predicted molar refractivity (Wildman–Crippen MR) is 214 cm³/mol. The predicted octanol–water partition coefficient (Wildman–Crippen LogP) is 12.0. The second-order valence-electron chi connectivity index (χ2n) is 13.5. The van der Waals surface area contributed by atoms with Crippen molar-refractivity contribution in [2.24, 2.45) is 0 Å². The fraction of sp³-hybridized carbons (Fsp3) is 0.0800. The Labute approximate surface area is 325 Å². The van der Waals surface area contributed by atoms with Crippen molar-refractivity contribution in [3.8, 4) is 67.0 Å². The molecule has 10 rings (SSSR count). The van der Waals surface area contributed by atoms with Gasteiger partial charge in [-0.25, -0.2) is 0 Å². The van der Waals surface area contributed by atoms with Gasteiger partial charge in [0.25, 0.3) is 0 Å². The van der Waals surface area contributed by atoms with Crippen LogP contribution in [0.5, 0.6) is 0 Å². The van der Waals surface area contributed by atoms with E-state index in [1.807, 2.05) is 60.9 Å². The molecule has 0 unspecified atom stereocenters. The Morgan fingerprint density at radius 2 is 0.906 bits per heavy atom. The summed E-state index contributed by atoms with van der Waals surface area (Å²) < 4.78 is 0. The molecular weight excluding hydrogens is 821 g/mol. The first-order chi connectivity index (χ1) is 25.8. The van der Waals surface area contributed by atoms with Crippen molar-refractivity contribution in [1.82, 2.24) is 9.97 Å². The molecule has 0 N–H and O–H groups in total. The largest absolute Gasteiger partial charge is 0.304 e. The molecule has 2 aromatic heterocycles. The van der Waals surface area contributed by atoms with Gasteiger partial charge >= 0.3 is 0 Å². The molecule has 0 spiro atoms. The number of aryl methyl sites for hydroxylation is 4. The summed E-state index contributed by atoms with van der Waals surface area (Å²) in [6.07, 6.45) is 8.35. The van der Waals surface area contributed by atoms with E-state index < -0.39 is 0 Å². The Bertz CT molecular complexity index is 2330. The molecule has 0 bridgehead atoms. The molecule has 0 atom stereocenters. The average molecular weight is 857 g/mol. The van der Waals surface area contributed by atoms with Crippen LogP contribution in [0, 0.1) is 12.1 Å². The molecule has 257 valence electrons. The number of rotatable bonds is 5. The second-order valence-corrected chi connectivity index (χ2v) is 13.5. The van der Waals surface area contributed by atoms with Crippen LogP contribution >= 0.6 is 0 Å². The van der Waals surface area contributed by atoms with E-state index in [4.69, 9.17) is 4.98 Å². The zero-order chi connectivity index (χ0) is 34.7. The number of pyridine rings is 2. The van der Waals surface area contributed by atoms with E-state index in [1.54, 1.807) is 0 Å². The maximum Gasteiger partial charge on any atom is 0.0239 e. The van der Waals surface area contributed by atoms with Crippen molar-refractivity contribution in [2.75, 3.05) is 0 Å². The van der Waals surface area contributed by atoms with Crippen LogP contribution in [0.25, 0.3) is 67.0 Å². The molecule has 53 heavy (non-hydrogen) atoms. The average Bonchev–Trinajstić information content (AvgIpc) is 3.24. The van der Waals surface area contributed by atoms with Gasteiger partial charge in [-0.3, -0.25) is 0 Å². The summed E-state index contributed by atoms with van der Waals surface area (Å²) in [7, 11) is 0. The topological polar surface area (TPSA) is 25.8 Å². The van der Waals surface area contributed by atoms with Crippen molar-refractivity contribution in [2.45, 2.75) is 25.7 Å². The van der Waals surface area contributed by atoms with E-state index in [9.17, 15) is 0 Å². The van der Waals surface area contributed by atoms with Gasteiger partial charge in [-0.05, 0) is 70.5 Å². The van der Waals surface area contributed by atoms with Crippen LogP contribution in [0.15, 0.2) is 170 Å². The zero-order valence-corrected chi connectivity index (χ0v) is 31.6. The third-order valence-corrected chi connectivity index (χ3v) is 10.2. The van der Waals surface area contributed by atoms with Gasteiger partial charge in [0.2, 0.25) is 0 Å². The van der Waals surface area contributed by atoms with Crippen molar-refractivity contribution in [1.29, 1.82) is 0 Å². The summed E-state index contributed by atoms with van der Waals surface area (Å²) in [6, 6.07) is 62.0. The van der Waals surface area contributed by atoms with Crippen LogP contribution in [0.4, 0.5) is 0 Å². The molecule has 0 amide bonds. The number of nitrogens with zero attached hydrogens (tertiary/aromatic N) is 2. The Morgan fingerprint density at radius 1 is 0.396 bits per heavy atom. The molecule has 0 saturated carbocycles. The molecule has 2 aliphatic rings. The van der Waals surface area contributed by atoms with E-state index >= 15 is 0 Å². The molecule has 0 saturated heterocycles. The van der Waals surface area contributed by atoms with Gasteiger partial charge in [0.1, 0.15) is 0 Å². The van der Waals surface area contributed by atoms with Gasteiger partial charge in [0.05, 0.1) is 0 Å². The molecule has 2 nitrogen and oxygen atoms in total. The molecule has 2 aliphatic carbocycles. The van der Waals surface area contributed by atoms with Gasteiger partial charge in [-0.1, -0.05) is 156 Å². The summed E-state index contributed by atoms with van der Waals surface area (Å²) in [5.74, 6) is 0. The van der Waals surface area contributed by atoms with Crippen molar-refractivity contribution in [3.05, 3.63) is 205 Å². The maximum absolute atomic E-state index is 4.78. The first-order valence-electron chi connectivity index (χ1n) is 18.1. The first-order valence-corrected chi connectivity index (χ1v) is 18.1. The smallest absolute Gasteiger partial charge is 0.0239 e. The minimum atomic E-state index is 0. The molecule has 2 heterocycles.